The molecule has 1 saturated heterocycles. The monoisotopic (exact) mass is 365 g/mol. The lowest BCUT2D eigenvalue weighted by Crippen LogP contribution is -2.37. The SMILES string of the molecule is CC1CN(C)c2ccccc2N(C(=O)CC(C)C2CCNCC2)C1.Cl. The van der Waals surface area contributed by atoms with Crippen molar-refractivity contribution < 1.29 is 4.79 Å². The molecule has 1 aromatic carbocycles. The fourth-order valence-corrected chi connectivity index (χ4v) is 4.25. The second kappa shape index (κ2) is 8.91. The van der Waals surface area contributed by atoms with Crippen molar-refractivity contribution in [1.29, 1.82) is 0 Å². The van der Waals surface area contributed by atoms with Crippen molar-refractivity contribution in [1.82, 2.24) is 5.32 Å². The summed E-state index contributed by atoms with van der Waals surface area (Å²) in [6.07, 6.45) is 3.06. The van der Waals surface area contributed by atoms with E-state index < -0.39 is 0 Å². The molecule has 2 aliphatic heterocycles. The molecule has 1 N–H and O–H groups in total. The second-order valence-electron chi connectivity index (χ2n) is 7.75. The summed E-state index contributed by atoms with van der Waals surface area (Å²) in [6.45, 7) is 8.49. The van der Waals surface area contributed by atoms with Gasteiger partial charge >= 0.3 is 0 Å². The Morgan fingerprint density at radius 2 is 1.84 bits per heavy atom. The Bertz CT molecular complexity index is 574. The molecule has 0 aromatic heterocycles. The quantitative estimate of drug-likeness (QED) is 0.889. The Hall–Kier alpha value is -1.26. The van der Waals surface area contributed by atoms with E-state index in [0.29, 0.717) is 24.2 Å². The van der Waals surface area contributed by atoms with E-state index in [1.807, 2.05) is 11.0 Å². The van der Waals surface area contributed by atoms with Gasteiger partial charge in [-0.05, 0) is 55.8 Å². The Kier molecular flexibility index (Phi) is 7.14. The van der Waals surface area contributed by atoms with Gasteiger partial charge in [-0.25, -0.2) is 0 Å². The predicted molar refractivity (Wildman–Crippen MR) is 108 cm³/mol. The minimum Gasteiger partial charge on any atom is -0.373 e. The summed E-state index contributed by atoms with van der Waals surface area (Å²) in [5, 5.41) is 3.42. The molecule has 0 radical (unpaired) electrons. The van der Waals surface area contributed by atoms with Gasteiger partial charge in [0.2, 0.25) is 5.91 Å². The molecule has 2 aliphatic rings. The van der Waals surface area contributed by atoms with Gasteiger partial charge in [0.25, 0.3) is 0 Å². The maximum Gasteiger partial charge on any atom is 0.227 e. The number of anilines is 2. The van der Waals surface area contributed by atoms with Crippen molar-refractivity contribution >= 4 is 29.7 Å². The van der Waals surface area contributed by atoms with E-state index in [4.69, 9.17) is 0 Å². The van der Waals surface area contributed by atoms with Crippen molar-refractivity contribution in [2.45, 2.75) is 33.1 Å². The second-order valence-corrected chi connectivity index (χ2v) is 7.75. The zero-order valence-corrected chi connectivity index (χ0v) is 16.5. The third-order valence-electron chi connectivity index (χ3n) is 5.65. The van der Waals surface area contributed by atoms with Crippen LogP contribution in [0.3, 0.4) is 0 Å². The summed E-state index contributed by atoms with van der Waals surface area (Å²) in [6, 6.07) is 8.33. The Labute approximate surface area is 158 Å². The molecule has 4 nitrogen and oxygen atoms in total. The van der Waals surface area contributed by atoms with Crippen LogP contribution in [0, 0.1) is 17.8 Å². The van der Waals surface area contributed by atoms with Crippen LogP contribution in [0.5, 0.6) is 0 Å². The average molecular weight is 366 g/mol. The van der Waals surface area contributed by atoms with Gasteiger partial charge < -0.3 is 15.1 Å². The number of carbonyl (C=O) groups excluding carboxylic acids is 1. The molecule has 0 saturated carbocycles. The van der Waals surface area contributed by atoms with E-state index >= 15 is 0 Å². The summed E-state index contributed by atoms with van der Waals surface area (Å²) in [5.41, 5.74) is 2.25. The molecule has 2 atom stereocenters. The van der Waals surface area contributed by atoms with Crippen LogP contribution in [0.2, 0.25) is 0 Å². The lowest BCUT2D eigenvalue weighted by molar-refractivity contribution is -0.120. The van der Waals surface area contributed by atoms with Gasteiger partial charge in [-0.3, -0.25) is 4.79 Å². The van der Waals surface area contributed by atoms with Crippen LogP contribution >= 0.6 is 12.4 Å². The predicted octanol–water partition coefficient (Wildman–Crippen LogP) is 3.55. The molecule has 1 aromatic rings. The molecule has 5 heteroatoms. The third-order valence-corrected chi connectivity index (χ3v) is 5.65. The zero-order chi connectivity index (χ0) is 17.1. The van der Waals surface area contributed by atoms with E-state index in [9.17, 15) is 4.79 Å². The largest absolute Gasteiger partial charge is 0.373 e. The first kappa shape index (κ1) is 20.1. The summed E-state index contributed by atoms with van der Waals surface area (Å²) in [4.78, 5) is 17.4. The van der Waals surface area contributed by atoms with Gasteiger partial charge in [0.05, 0.1) is 11.4 Å². The maximum absolute atomic E-state index is 13.1. The van der Waals surface area contributed by atoms with E-state index in [1.165, 1.54) is 18.5 Å². The zero-order valence-electron chi connectivity index (χ0n) is 15.7. The number of halogens is 1. The van der Waals surface area contributed by atoms with Crippen LogP contribution in [-0.4, -0.2) is 39.1 Å². The standard InChI is InChI=1S/C20H31N3O.ClH/c1-15-13-22(3)18-6-4-5-7-19(18)23(14-15)20(24)12-16(2)17-8-10-21-11-9-17;/h4-7,15-17,21H,8-14H2,1-3H3;1H. The van der Waals surface area contributed by atoms with Gasteiger partial charge in [0, 0.05) is 26.6 Å². The van der Waals surface area contributed by atoms with E-state index in [2.05, 4.69) is 49.3 Å². The maximum atomic E-state index is 13.1. The molecular weight excluding hydrogens is 334 g/mol. The van der Waals surface area contributed by atoms with Gasteiger partial charge in [-0.15, -0.1) is 12.4 Å². The summed E-state index contributed by atoms with van der Waals surface area (Å²) in [7, 11) is 2.13. The number of nitrogens with zero attached hydrogens (tertiary/aromatic N) is 2. The molecule has 2 heterocycles. The number of nitrogens with one attached hydrogen (secondary N) is 1. The lowest BCUT2D eigenvalue weighted by Gasteiger charge is -2.30. The van der Waals surface area contributed by atoms with Crippen molar-refractivity contribution in [2.75, 3.05) is 43.0 Å². The summed E-state index contributed by atoms with van der Waals surface area (Å²) < 4.78 is 0. The van der Waals surface area contributed by atoms with Crippen LogP contribution in [-0.2, 0) is 4.79 Å². The lowest BCUT2D eigenvalue weighted by atomic mass is 9.84. The highest BCUT2D eigenvalue weighted by atomic mass is 35.5. The molecule has 2 unspecified atom stereocenters. The molecule has 0 bridgehead atoms. The number of fused-ring (bicyclic) bond motifs is 1. The molecule has 1 fully saturated rings. The first-order valence-corrected chi connectivity index (χ1v) is 9.37. The summed E-state index contributed by atoms with van der Waals surface area (Å²) in [5.74, 6) is 1.90. The minimum atomic E-state index is 0. The highest BCUT2D eigenvalue weighted by Gasteiger charge is 2.29. The van der Waals surface area contributed by atoms with E-state index in [1.54, 1.807) is 0 Å². The molecule has 0 aliphatic carbocycles. The van der Waals surface area contributed by atoms with E-state index in [-0.39, 0.29) is 18.3 Å². The average Bonchev–Trinajstić information content (AvgIpc) is 2.72. The highest BCUT2D eigenvalue weighted by molar-refractivity contribution is 5.97. The first-order valence-electron chi connectivity index (χ1n) is 9.37. The Balaban J connectivity index is 0.00000225. The Morgan fingerprint density at radius 1 is 1.20 bits per heavy atom. The fourth-order valence-electron chi connectivity index (χ4n) is 4.25. The topological polar surface area (TPSA) is 35.6 Å². The van der Waals surface area contributed by atoms with Gasteiger partial charge in [-0.1, -0.05) is 26.0 Å². The van der Waals surface area contributed by atoms with Crippen LogP contribution in [0.4, 0.5) is 11.4 Å². The van der Waals surface area contributed by atoms with Gasteiger partial charge in [0.15, 0.2) is 0 Å². The molecular formula is C20H32ClN3O. The molecule has 140 valence electrons. The van der Waals surface area contributed by atoms with Crippen molar-refractivity contribution in [3.05, 3.63) is 24.3 Å². The number of hydrogen-bond acceptors (Lipinski definition) is 3. The van der Waals surface area contributed by atoms with Gasteiger partial charge in [-0.2, -0.15) is 0 Å². The normalized spacial score (nSPS) is 22.6. The Morgan fingerprint density at radius 3 is 2.52 bits per heavy atom. The first-order chi connectivity index (χ1) is 11.6. The smallest absolute Gasteiger partial charge is 0.227 e. The van der Waals surface area contributed by atoms with Crippen LogP contribution < -0.4 is 15.1 Å². The van der Waals surface area contributed by atoms with Crippen molar-refractivity contribution in [3.8, 4) is 0 Å². The van der Waals surface area contributed by atoms with Crippen LogP contribution in [0.15, 0.2) is 24.3 Å². The van der Waals surface area contributed by atoms with Crippen LogP contribution in [0.1, 0.15) is 33.1 Å². The number of hydrogen-bond donors (Lipinski definition) is 1. The van der Waals surface area contributed by atoms with Crippen molar-refractivity contribution in [3.63, 3.8) is 0 Å². The highest BCUT2D eigenvalue weighted by Crippen LogP contribution is 2.34. The molecule has 0 spiro atoms. The van der Waals surface area contributed by atoms with Crippen LogP contribution in [0.25, 0.3) is 0 Å². The third kappa shape index (κ3) is 4.68. The van der Waals surface area contributed by atoms with E-state index in [0.717, 1.165) is 31.9 Å². The molecule has 25 heavy (non-hydrogen) atoms. The number of rotatable bonds is 3. The molecule has 1 amide bonds. The number of piperidine rings is 1. The number of carbonyl (C=O) groups is 1. The summed E-state index contributed by atoms with van der Waals surface area (Å²) >= 11 is 0. The number of benzene rings is 1. The minimum absolute atomic E-state index is 0. The van der Waals surface area contributed by atoms with Crippen molar-refractivity contribution in [2.24, 2.45) is 17.8 Å². The fraction of sp³-hybridized carbons (Fsp3) is 0.650. The number of amides is 1. The molecule has 3 rings (SSSR count). The van der Waals surface area contributed by atoms with Gasteiger partial charge in [0.1, 0.15) is 0 Å². The number of para-hydroxylation sites is 2.